The molecule has 1 aliphatic rings. The lowest BCUT2D eigenvalue weighted by molar-refractivity contribution is -0.216. The van der Waals surface area contributed by atoms with Crippen molar-refractivity contribution in [3.8, 4) is 0 Å². The minimum Gasteiger partial charge on any atom is -0.387 e. The molecule has 1 fully saturated rings. The second-order valence-corrected chi connectivity index (χ2v) is 8.86. The maximum Gasteiger partial charge on any atom is 0.0946 e. The highest BCUT2D eigenvalue weighted by Gasteiger charge is 2.47. The molecule has 0 unspecified atom stereocenters. The van der Waals surface area contributed by atoms with Gasteiger partial charge in [-0.3, -0.25) is 0 Å². The Morgan fingerprint density at radius 3 is 2.15 bits per heavy atom. The van der Waals surface area contributed by atoms with Gasteiger partial charge < -0.3 is 9.84 Å². The number of rotatable bonds is 5. The number of fused-ring (bicyclic) bond motifs is 1. The van der Waals surface area contributed by atoms with Crippen molar-refractivity contribution in [3.63, 3.8) is 0 Å². The summed E-state index contributed by atoms with van der Waals surface area (Å²) in [5, 5.41) is 13.2. The van der Waals surface area contributed by atoms with Crippen molar-refractivity contribution < 1.29 is 9.84 Å². The van der Waals surface area contributed by atoms with E-state index in [0.29, 0.717) is 0 Å². The fraction of sp³-hybridized carbons (Fsp3) is 0.500. The molecule has 0 spiro atoms. The topological polar surface area (TPSA) is 29.5 Å². The van der Waals surface area contributed by atoms with Gasteiger partial charge in [0.2, 0.25) is 0 Å². The second kappa shape index (κ2) is 6.51. The Morgan fingerprint density at radius 2 is 1.62 bits per heavy atom. The van der Waals surface area contributed by atoms with E-state index in [4.69, 9.17) is 4.74 Å². The van der Waals surface area contributed by atoms with E-state index in [2.05, 4.69) is 49.9 Å². The van der Waals surface area contributed by atoms with Gasteiger partial charge in [-0.1, -0.05) is 61.4 Å². The molecule has 140 valence electrons. The van der Waals surface area contributed by atoms with Crippen molar-refractivity contribution in [1.29, 1.82) is 0 Å². The average molecular weight is 353 g/mol. The van der Waals surface area contributed by atoms with Crippen molar-refractivity contribution in [1.82, 2.24) is 0 Å². The zero-order chi connectivity index (χ0) is 19.2. The Balaban J connectivity index is 2.23. The van der Waals surface area contributed by atoms with Crippen molar-refractivity contribution in [3.05, 3.63) is 54.1 Å². The van der Waals surface area contributed by atoms with Crippen LogP contribution in [0.5, 0.6) is 0 Å². The van der Waals surface area contributed by atoms with Gasteiger partial charge in [-0.15, -0.1) is 0 Å². The third kappa shape index (κ3) is 3.21. The first-order chi connectivity index (χ1) is 12.1. The molecular weight excluding hydrogens is 320 g/mol. The molecule has 0 aromatic heterocycles. The predicted molar refractivity (Wildman–Crippen MR) is 110 cm³/mol. The molecule has 0 saturated heterocycles. The summed E-state index contributed by atoms with van der Waals surface area (Å²) in [7, 11) is 0. The van der Waals surface area contributed by atoms with Crippen LogP contribution < -0.4 is 0 Å². The van der Waals surface area contributed by atoms with Crippen molar-refractivity contribution in [2.45, 2.75) is 77.1 Å². The molecule has 2 nitrogen and oxygen atoms in total. The van der Waals surface area contributed by atoms with Gasteiger partial charge in [-0.05, 0) is 69.4 Å². The Hall–Kier alpha value is -1.64. The fourth-order valence-corrected chi connectivity index (χ4v) is 4.06. The number of hydrogen-bond acceptors (Lipinski definition) is 2. The molecule has 0 radical (unpaired) electrons. The van der Waals surface area contributed by atoms with E-state index in [9.17, 15) is 5.11 Å². The largest absolute Gasteiger partial charge is 0.387 e. The van der Waals surface area contributed by atoms with Crippen LogP contribution in [0.3, 0.4) is 0 Å². The number of ether oxygens (including phenoxy) is 1. The normalized spacial score (nSPS) is 17.6. The standard InChI is InChI=1S/C24H32O2/c1-17(2)19-13-9-11-18-12-10-14-20(21(18)19)24(15-7-8-16-24)26-23(5,6)22(3,4)25/h9-14,25H,1,7-8,15-16H2,2-6H3. The molecule has 2 aromatic rings. The Labute approximate surface area is 157 Å². The summed E-state index contributed by atoms with van der Waals surface area (Å²) >= 11 is 0. The van der Waals surface area contributed by atoms with Crippen molar-refractivity contribution in [2.75, 3.05) is 0 Å². The number of benzene rings is 2. The molecule has 3 rings (SSSR count). The van der Waals surface area contributed by atoms with Crippen LogP contribution in [-0.4, -0.2) is 16.3 Å². The maximum atomic E-state index is 10.7. The summed E-state index contributed by atoms with van der Waals surface area (Å²) in [6.07, 6.45) is 4.26. The molecule has 0 atom stereocenters. The van der Waals surface area contributed by atoms with E-state index in [1.165, 1.54) is 21.9 Å². The summed E-state index contributed by atoms with van der Waals surface area (Å²) in [5.74, 6) is 0. The Bertz CT molecular complexity index is 812. The summed E-state index contributed by atoms with van der Waals surface area (Å²) < 4.78 is 6.80. The van der Waals surface area contributed by atoms with Crippen LogP contribution in [0, 0.1) is 0 Å². The van der Waals surface area contributed by atoms with Gasteiger partial charge in [-0.2, -0.15) is 0 Å². The van der Waals surface area contributed by atoms with Gasteiger partial charge >= 0.3 is 0 Å². The zero-order valence-electron chi connectivity index (χ0n) is 16.9. The average Bonchev–Trinajstić information content (AvgIpc) is 3.01. The minimum atomic E-state index is -0.926. The van der Waals surface area contributed by atoms with Crippen LogP contribution in [0.25, 0.3) is 16.3 Å². The Kier molecular flexibility index (Phi) is 4.79. The molecule has 0 bridgehead atoms. The first-order valence-corrected chi connectivity index (χ1v) is 9.68. The van der Waals surface area contributed by atoms with Crippen molar-refractivity contribution >= 4 is 16.3 Å². The van der Waals surface area contributed by atoms with E-state index in [0.717, 1.165) is 31.3 Å². The summed E-state index contributed by atoms with van der Waals surface area (Å²) in [6.45, 7) is 13.9. The van der Waals surface area contributed by atoms with Crippen LogP contribution in [0.4, 0.5) is 0 Å². The highest BCUT2D eigenvalue weighted by Crippen LogP contribution is 2.49. The number of aliphatic hydroxyl groups is 1. The first kappa shape index (κ1) is 19.1. The molecule has 1 N–H and O–H groups in total. The van der Waals surface area contributed by atoms with Gasteiger partial charge in [-0.25, -0.2) is 0 Å². The maximum absolute atomic E-state index is 10.7. The highest BCUT2D eigenvalue weighted by molar-refractivity contribution is 5.96. The van der Waals surface area contributed by atoms with Gasteiger partial charge in [0.1, 0.15) is 0 Å². The minimum absolute atomic E-state index is 0.367. The third-order valence-corrected chi connectivity index (χ3v) is 6.19. The highest BCUT2D eigenvalue weighted by atomic mass is 16.5. The molecular formula is C24H32O2. The third-order valence-electron chi connectivity index (χ3n) is 6.19. The Morgan fingerprint density at radius 1 is 1.04 bits per heavy atom. The lowest BCUT2D eigenvalue weighted by Gasteiger charge is -2.45. The first-order valence-electron chi connectivity index (χ1n) is 9.68. The second-order valence-electron chi connectivity index (χ2n) is 8.86. The van der Waals surface area contributed by atoms with E-state index in [-0.39, 0.29) is 5.60 Å². The van der Waals surface area contributed by atoms with Crippen molar-refractivity contribution in [2.24, 2.45) is 0 Å². The molecule has 2 heteroatoms. The van der Waals surface area contributed by atoms with Gasteiger partial charge in [0.15, 0.2) is 0 Å². The smallest absolute Gasteiger partial charge is 0.0946 e. The summed E-state index contributed by atoms with van der Waals surface area (Å²) in [5.41, 5.74) is 1.55. The molecule has 1 saturated carbocycles. The zero-order valence-corrected chi connectivity index (χ0v) is 16.9. The van der Waals surface area contributed by atoms with Crippen LogP contribution in [0.1, 0.15) is 71.4 Å². The molecule has 1 aliphatic carbocycles. The molecule has 0 heterocycles. The van der Waals surface area contributed by atoms with Crippen LogP contribution in [-0.2, 0) is 10.3 Å². The quantitative estimate of drug-likeness (QED) is 0.693. The van der Waals surface area contributed by atoms with E-state index >= 15 is 0 Å². The number of allylic oxidation sites excluding steroid dienone is 1. The lowest BCUT2D eigenvalue weighted by atomic mass is 9.82. The summed E-state index contributed by atoms with van der Waals surface area (Å²) in [6, 6.07) is 12.9. The van der Waals surface area contributed by atoms with Crippen LogP contribution in [0.15, 0.2) is 43.0 Å². The molecule has 0 aliphatic heterocycles. The monoisotopic (exact) mass is 352 g/mol. The summed E-state index contributed by atoms with van der Waals surface area (Å²) in [4.78, 5) is 0. The van der Waals surface area contributed by atoms with Crippen LogP contribution >= 0.6 is 0 Å². The van der Waals surface area contributed by atoms with E-state index in [1.807, 2.05) is 27.7 Å². The lowest BCUT2D eigenvalue weighted by Crippen LogP contribution is -2.51. The molecule has 0 amide bonds. The van der Waals surface area contributed by atoms with Gasteiger partial charge in [0.05, 0.1) is 16.8 Å². The number of hydrogen-bond donors (Lipinski definition) is 1. The molecule has 26 heavy (non-hydrogen) atoms. The predicted octanol–water partition coefficient (Wildman–Crippen LogP) is 6.21. The molecule has 2 aromatic carbocycles. The van der Waals surface area contributed by atoms with E-state index < -0.39 is 11.2 Å². The van der Waals surface area contributed by atoms with Gasteiger partial charge in [0, 0.05) is 0 Å². The fourth-order valence-electron chi connectivity index (χ4n) is 4.06. The SMILES string of the molecule is C=C(C)c1cccc2cccc(C3(OC(C)(C)C(C)(C)O)CCCC3)c12. The van der Waals surface area contributed by atoms with Gasteiger partial charge in [0.25, 0.3) is 0 Å². The van der Waals surface area contributed by atoms with Crippen LogP contribution in [0.2, 0.25) is 0 Å². The van der Waals surface area contributed by atoms with E-state index in [1.54, 1.807) is 0 Å².